The highest BCUT2D eigenvalue weighted by atomic mass is 79.9. The van der Waals surface area contributed by atoms with Crippen molar-refractivity contribution in [1.82, 2.24) is 0 Å². The summed E-state index contributed by atoms with van der Waals surface area (Å²) in [7, 11) is 0. The first-order valence-corrected chi connectivity index (χ1v) is 2.58. The van der Waals surface area contributed by atoms with Crippen molar-refractivity contribution in [3.63, 3.8) is 0 Å². The van der Waals surface area contributed by atoms with E-state index in [1.54, 1.807) is 11.9 Å². The van der Waals surface area contributed by atoms with Crippen molar-refractivity contribution in [2.45, 2.75) is 6.42 Å². The van der Waals surface area contributed by atoms with E-state index in [1.165, 1.54) is 12.2 Å². The normalized spacial score (nSPS) is 17.3. The minimum Gasteiger partial charge on any atom is -0.229 e. The van der Waals surface area contributed by atoms with E-state index in [-0.39, 0.29) is 17.0 Å². The molecule has 0 saturated heterocycles. The Balaban J connectivity index is 0.000000250. The Morgan fingerprint density at radius 3 is 2.67 bits per heavy atom. The van der Waals surface area contributed by atoms with Crippen molar-refractivity contribution in [2.24, 2.45) is 4.40 Å². The monoisotopic (exact) mass is 167 g/mol. The molecule has 36 valence electrons. The van der Waals surface area contributed by atoms with E-state index < -0.39 is 0 Å². The smallest absolute Gasteiger partial charge is 0.0202 e. The van der Waals surface area contributed by atoms with Crippen LogP contribution in [0.2, 0.25) is 0 Å². The van der Waals surface area contributed by atoms with E-state index in [9.17, 15) is 0 Å². The Labute approximate surface area is 52.1 Å². The molecule has 1 heterocycles. The summed E-state index contributed by atoms with van der Waals surface area (Å²) < 4.78 is 3.88. The van der Waals surface area contributed by atoms with Gasteiger partial charge in [-0.15, -0.1) is 17.0 Å². The summed E-state index contributed by atoms with van der Waals surface area (Å²) in [5.74, 6) is 1.19. The summed E-state index contributed by atoms with van der Waals surface area (Å²) in [5, 5.41) is 0. The summed E-state index contributed by atoms with van der Waals surface area (Å²) >= 11 is 1.64. The summed E-state index contributed by atoms with van der Waals surface area (Å²) in [6.07, 6.45) is 3.12. The Morgan fingerprint density at radius 2 is 2.50 bits per heavy atom. The van der Waals surface area contributed by atoms with Crippen LogP contribution >= 0.6 is 28.9 Å². The molecule has 1 rings (SSSR count). The second-order valence-electron chi connectivity index (χ2n) is 0.910. The third kappa shape index (κ3) is 1.82. The summed E-state index contributed by atoms with van der Waals surface area (Å²) in [5.41, 5.74) is 0. The molecule has 1 aliphatic heterocycles. The van der Waals surface area contributed by atoms with Crippen molar-refractivity contribution < 1.29 is 0 Å². The van der Waals surface area contributed by atoms with Crippen molar-refractivity contribution >= 4 is 35.1 Å². The molecular weight excluding hydrogens is 162 g/mol. The SMILES string of the molecule is Br.C1=NSCC1. The Hall–Kier alpha value is 0.500. The van der Waals surface area contributed by atoms with Gasteiger partial charge >= 0.3 is 0 Å². The average Bonchev–Trinajstić information content (AvgIpc) is 1.76. The van der Waals surface area contributed by atoms with Crippen LogP contribution in [0.3, 0.4) is 0 Å². The average molecular weight is 168 g/mol. The van der Waals surface area contributed by atoms with Gasteiger partial charge in [-0.3, -0.25) is 0 Å². The fraction of sp³-hybridized carbons (Fsp3) is 0.667. The molecule has 1 aliphatic rings. The molecule has 0 aromatic heterocycles. The lowest BCUT2D eigenvalue weighted by Crippen LogP contribution is -1.62. The molecule has 0 saturated carbocycles. The summed E-state index contributed by atoms with van der Waals surface area (Å²) in [6, 6.07) is 0. The molecule has 0 fully saturated rings. The minimum atomic E-state index is 0. The quantitative estimate of drug-likeness (QED) is 0.501. The van der Waals surface area contributed by atoms with Crippen LogP contribution in [0.5, 0.6) is 0 Å². The lowest BCUT2D eigenvalue weighted by Gasteiger charge is -1.66. The van der Waals surface area contributed by atoms with Gasteiger partial charge in [0.05, 0.1) is 0 Å². The van der Waals surface area contributed by atoms with Gasteiger partial charge in [0, 0.05) is 12.0 Å². The van der Waals surface area contributed by atoms with Gasteiger partial charge in [-0.05, 0) is 18.4 Å². The maximum atomic E-state index is 3.88. The van der Waals surface area contributed by atoms with Crippen LogP contribution in [-0.2, 0) is 0 Å². The molecule has 0 amide bonds. The van der Waals surface area contributed by atoms with E-state index >= 15 is 0 Å². The lowest BCUT2D eigenvalue weighted by molar-refractivity contribution is 1.39. The molecule has 0 aromatic rings. The molecule has 0 radical (unpaired) electrons. The predicted octanol–water partition coefficient (Wildman–Crippen LogP) is 1.69. The third-order valence-electron chi connectivity index (χ3n) is 0.487. The highest BCUT2D eigenvalue weighted by Gasteiger charge is 1.87. The zero-order valence-electron chi connectivity index (χ0n) is 3.26. The molecule has 0 aromatic carbocycles. The van der Waals surface area contributed by atoms with Crippen LogP contribution in [0.1, 0.15) is 6.42 Å². The van der Waals surface area contributed by atoms with Crippen molar-refractivity contribution in [3.8, 4) is 0 Å². The molecular formula is C3H6BrNS. The van der Waals surface area contributed by atoms with Crippen LogP contribution in [0, 0.1) is 0 Å². The second kappa shape index (κ2) is 3.68. The van der Waals surface area contributed by atoms with Crippen LogP contribution in [0.4, 0.5) is 0 Å². The van der Waals surface area contributed by atoms with Gasteiger partial charge < -0.3 is 0 Å². The largest absolute Gasteiger partial charge is 0.229 e. The molecule has 0 atom stereocenters. The molecule has 0 bridgehead atoms. The number of halogens is 1. The maximum absolute atomic E-state index is 3.88. The zero-order valence-corrected chi connectivity index (χ0v) is 5.78. The van der Waals surface area contributed by atoms with E-state index in [4.69, 9.17) is 0 Å². The van der Waals surface area contributed by atoms with Crippen molar-refractivity contribution in [1.29, 1.82) is 0 Å². The highest BCUT2D eigenvalue weighted by Crippen LogP contribution is 2.07. The molecule has 0 unspecified atom stereocenters. The van der Waals surface area contributed by atoms with Crippen LogP contribution in [-0.4, -0.2) is 12.0 Å². The van der Waals surface area contributed by atoms with Gasteiger partial charge in [-0.2, -0.15) is 0 Å². The van der Waals surface area contributed by atoms with Crippen molar-refractivity contribution in [3.05, 3.63) is 0 Å². The zero-order chi connectivity index (χ0) is 3.54. The topological polar surface area (TPSA) is 12.4 Å². The predicted molar refractivity (Wildman–Crippen MR) is 35.9 cm³/mol. The fourth-order valence-corrected chi connectivity index (χ4v) is 0.791. The van der Waals surface area contributed by atoms with Gasteiger partial charge in [0.2, 0.25) is 0 Å². The van der Waals surface area contributed by atoms with E-state index in [0.29, 0.717) is 0 Å². The van der Waals surface area contributed by atoms with E-state index in [0.717, 1.165) is 0 Å². The standard InChI is InChI=1S/C3H5NS.BrH/c1-2-4-5-3-1;/h2H,1,3H2;1H. The Kier molecular flexibility index (Phi) is 3.99. The maximum Gasteiger partial charge on any atom is 0.0202 e. The van der Waals surface area contributed by atoms with Crippen LogP contribution in [0.25, 0.3) is 0 Å². The summed E-state index contributed by atoms with van der Waals surface area (Å²) in [4.78, 5) is 0. The lowest BCUT2D eigenvalue weighted by atomic mass is 10.6. The first-order valence-electron chi connectivity index (χ1n) is 1.64. The number of rotatable bonds is 0. The third-order valence-corrected chi connectivity index (χ3v) is 1.20. The van der Waals surface area contributed by atoms with Gasteiger partial charge in [0.25, 0.3) is 0 Å². The Bertz CT molecular complexity index is 48.8. The van der Waals surface area contributed by atoms with E-state index in [1.807, 2.05) is 6.21 Å². The van der Waals surface area contributed by atoms with Gasteiger partial charge in [-0.25, -0.2) is 4.40 Å². The van der Waals surface area contributed by atoms with Gasteiger partial charge in [0.1, 0.15) is 0 Å². The van der Waals surface area contributed by atoms with Crippen LogP contribution in [0.15, 0.2) is 4.40 Å². The first-order chi connectivity index (χ1) is 2.50. The second-order valence-corrected chi connectivity index (χ2v) is 1.79. The molecule has 1 nitrogen and oxygen atoms in total. The molecule has 0 aliphatic carbocycles. The van der Waals surface area contributed by atoms with E-state index in [2.05, 4.69) is 4.40 Å². The highest BCUT2D eigenvalue weighted by molar-refractivity contribution is 8.93. The fourth-order valence-electron chi connectivity index (χ4n) is 0.264. The number of nitrogens with zero attached hydrogens (tertiary/aromatic N) is 1. The van der Waals surface area contributed by atoms with Crippen molar-refractivity contribution in [2.75, 3.05) is 5.75 Å². The molecule has 3 heteroatoms. The summed E-state index contributed by atoms with van der Waals surface area (Å²) in [6.45, 7) is 0. The molecule has 6 heavy (non-hydrogen) atoms. The van der Waals surface area contributed by atoms with Crippen LogP contribution < -0.4 is 0 Å². The Morgan fingerprint density at radius 1 is 1.67 bits per heavy atom. The first kappa shape index (κ1) is 6.50. The van der Waals surface area contributed by atoms with Gasteiger partial charge in [0.15, 0.2) is 0 Å². The molecule has 0 spiro atoms. The molecule has 0 N–H and O–H groups in total. The van der Waals surface area contributed by atoms with Gasteiger partial charge in [-0.1, -0.05) is 0 Å². The number of hydrogen-bond donors (Lipinski definition) is 0. The minimum absolute atomic E-state index is 0. The number of hydrogen-bond acceptors (Lipinski definition) is 2.